The van der Waals surface area contributed by atoms with Crippen molar-refractivity contribution in [1.82, 2.24) is 4.90 Å². The number of piperidine rings is 1. The minimum atomic E-state index is 0.255. The first-order valence-electron chi connectivity index (χ1n) is 8.84. The molecule has 0 spiro atoms. The Balaban J connectivity index is 1.69. The van der Waals surface area contributed by atoms with E-state index in [-0.39, 0.29) is 6.10 Å². The molecule has 1 aliphatic heterocycles. The lowest BCUT2D eigenvalue weighted by molar-refractivity contribution is -0.135. The molecule has 21 heavy (non-hydrogen) atoms. The fourth-order valence-electron chi connectivity index (χ4n) is 3.67. The number of nitrogens with two attached hydrogens (primary N) is 1. The summed E-state index contributed by atoms with van der Waals surface area (Å²) in [5.41, 5.74) is 6.03. The highest BCUT2D eigenvalue weighted by Crippen LogP contribution is 2.27. The Labute approximate surface area is 129 Å². The molecule has 0 aromatic rings. The molecule has 4 heteroatoms. The highest BCUT2D eigenvalue weighted by atomic mass is 16.5. The van der Waals surface area contributed by atoms with Crippen molar-refractivity contribution < 1.29 is 9.53 Å². The van der Waals surface area contributed by atoms with Crippen LogP contribution in [0.5, 0.6) is 0 Å². The maximum Gasteiger partial charge on any atom is 0.222 e. The number of likely N-dealkylation sites (tertiary alicyclic amines) is 1. The number of nitrogens with zero attached hydrogens (tertiary/aromatic N) is 1. The van der Waals surface area contributed by atoms with Crippen molar-refractivity contribution in [3.8, 4) is 0 Å². The van der Waals surface area contributed by atoms with E-state index in [1.807, 2.05) is 4.90 Å². The molecule has 0 aromatic heterocycles. The van der Waals surface area contributed by atoms with E-state index >= 15 is 0 Å². The summed E-state index contributed by atoms with van der Waals surface area (Å²) in [4.78, 5) is 14.4. The number of amides is 1. The van der Waals surface area contributed by atoms with E-state index in [0.717, 1.165) is 58.2 Å². The Hall–Kier alpha value is -0.610. The molecule has 2 fully saturated rings. The van der Waals surface area contributed by atoms with Crippen LogP contribution in [-0.4, -0.2) is 42.6 Å². The predicted octanol–water partition coefficient (Wildman–Crippen LogP) is 2.70. The summed E-state index contributed by atoms with van der Waals surface area (Å²) in [6.45, 7) is 4.64. The first kappa shape index (κ1) is 16.8. The topological polar surface area (TPSA) is 55.6 Å². The second-order valence-corrected chi connectivity index (χ2v) is 6.81. The van der Waals surface area contributed by atoms with Crippen LogP contribution in [0.15, 0.2) is 0 Å². The monoisotopic (exact) mass is 296 g/mol. The van der Waals surface area contributed by atoms with E-state index in [1.165, 1.54) is 12.8 Å². The average molecular weight is 296 g/mol. The number of carbonyl (C=O) groups is 1. The number of ether oxygens (including phenoxy) is 1. The maximum absolute atomic E-state index is 12.4. The van der Waals surface area contributed by atoms with Gasteiger partial charge in [0.05, 0.1) is 6.10 Å². The average Bonchev–Trinajstić information content (AvgIpc) is 2.51. The van der Waals surface area contributed by atoms with E-state index in [4.69, 9.17) is 10.5 Å². The van der Waals surface area contributed by atoms with Crippen LogP contribution in [0.2, 0.25) is 0 Å². The van der Waals surface area contributed by atoms with Crippen molar-refractivity contribution >= 4 is 5.91 Å². The summed E-state index contributed by atoms with van der Waals surface area (Å²) in [6.07, 6.45) is 9.94. The van der Waals surface area contributed by atoms with Crippen molar-refractivity contribution in [2.75, 3.05) is 19.7 Å². The minimum Gasteiger partial charge on any atom is -0.376 e. The molecule has 0 bridgehead atoms. The van der Waals surface area contributed by atoms with Gasteiger partial charge in [-0.05, 0) is 44.4 Å². The standard InChI is InChI=1S/C17H32N2O2/c1-2-11-21-16-7-4-10-19(13-16)17(20)9-8-14-5-3-6-15(18)12-14/h14-16H,2-13,18H2,1H3. The van der Waals surface area contributed by atoms with Crippen LogP contribution in [0, 0.1) is 5.92 Å². The lowest BCUT2D eigenvalue weighted by Crippen LogP contribution is -2.43. The Bertz CT molecular complexity index is 322. The molecule has 1 saturated heterocycles. The summed E-state index contributed by atoms with van der Waals surface area (Å²) < 4.78 is 5.81. The fraction of sp³-hybridized carbons (Fsp3) is 0.941. The van der Waals surface area contributed by atoms with Crippen LogP contribution in [-0.2, 0) is 9.53 Å². The summed E-state index contributed by atoms with van der Waals surface area (Å²) in [7, 11) is 0. The molecule has 0 radical (unpaired) electrons. The van der Waals surface area contributed by atoms with Crippen LogP contribution in [0.25, 0.3) is 0 Å². The first-order valence-corrected chi connectivity index (χ1v) is 8.84. The zero-order chi connectivity index (χ0) is 15.1. The molecule has 3 unspecified atom stereocenters. The third kappa shape index (κ3) is 5.59. The molecule has 122 valence electrons. The van der Waals surface area contributed by atoms with Gasteiger partial charge < -0.3 is 15.4 Å². The predicted molar refractivity (Wildman–Crippen MR) is 85.0 cm³/mol. The normalized spacial score (nSPS) is 30.4. The van der Waals surface area contributed by atoms with E-state index in [1.54, 1.807) is 0 Å². The maximum atomic E-state index is 12.4. The van der Waals surface area contributed by atoms with Gasteiger partial charge in [0, 0.05) is 32.2 Å². The second-order valence-electron chi connectivity index (χ2n) is 6.81. The third-order valence-electron chi connectivity index (χ3n) is 4.88. The van der Waals surface area contributed by atoms with Gasteiger partial charge >= 0.3 is 0 Å². The van der Waals surface area contributed by atoms with Crippen molar-refractivity contribution in [2.45, 2.75) is 76.9 Å². The van der Waals surface area contributed by atoms with Gasteiger partial charge in [0.1, 0.15) is 0 Å². The Kier molecular flexibility index (Phi) is 6.97. The SMILES string of the molecule is CCCOC1CCCN(C(=O)CCC2CCCC(N)C2)C1. The van der Waals surface area contributed by atoms with E-state index in [2.05, 4.69) is 6.92 Å². The molecule has 2 N–H and O–H groups in total. The zero-order valence-electron chi connectivity index (χ0n) is 13.6. The minimum absolute atomic E-state index is 0.255. The smallest absolute Gasteiger partial charge is 0.222 e. The molecule has 3 atom stereocenters. The quantitative estimate of drug-likeness (QED) is 0.820. The molecule has 1 amide bonds. The van der Waals surface area contributed by atoms with Crippen molar-refractivity contribution in [3.63, 3.8) is 0 Å². The van der Waals surface area contributed by atoms with E-state index < -0.39 is 0 Å². The van der Waals surface area contributed by atoms with Crippen molar-refractivity contribution in [2.24, 2.45) is 11.7 Å². The Morgan fingerprint density at radius 1 is 1.29 bits per heavy atom. The summed E-state index contributed by atoms with van der Waals surface area (Å²) in [5.74, 6) is 0.980. The fourth-order valence-corrected chi connectivity index (χ4v) is 3.67. The highest BCUT2D eigenvalue weighted by molar-refractivity contribution is 5.76. The molecule has 1 aliphatic carbocycles. The number of hydrogen-bond donors (Lipinski definition) is 1. The van der Waals surface area contributed by atoms with Crippen LogP contribution < -0.4 is 5.73 Å². The van der Waals surface area contributed by atoms with Gasteiger partial charge in [-0.2, -0.15) is 0 Å². The van der Waals surface area contributed by atoms with E-state index in [9.17, 15) is 4.79 Å². The molecular formula is C17H32N2O2. The summed E-state index contributed by atoms with van der Waals surface area (Å²) >= 11 is 0. The van der Waals surface area contributed by atoms with Gasteiger partial charge in [-0.25, -0.2) is 0 Å². The van der Waals surface area contributed by atoms with Gasteiger partial charge in [0.2, 0.25) is 5.91 Å². The highest BCUT2D eigenvalue weighted by Gasteiger charge is 2.25. The molecular weight excluding hydrogens is 264 g/mol. The third-order valence-corrected chi connectivity index (χ3v) is 4.88. The van der Waals surface area contributed by atoms with Crippen molar-refractivity contribution in [3.05, 3.63) is 0 Å². The largest absolute Gasteiger partial charge is 0.376 e. The van der Waals surface area contributed by atoms with Crippen LogP contribution in [0.3, 0.4) is 0 Å². The molecule has 2 aliphatic rings. The van der Waals surface area contributed by atoms with E-state index in [0.29, 0.717) is 24.3 Å². The van der Waals surface area contributed by atoms with Crippen molar-refractivity contribution in [1.29, 1.82) is 0 Å². The van der Waals surface area contributed by atoms with Crippen LogP contribution in [0.4, 0.5) is 0 Å². The second kappa shape index (κ2) is 8.74. The van der Waals surface area contributed by atoms with Gasteiger partial charge in [0.15, 0.2) is 0 Å². The Morgan fingerprint density at radius 2 is 2.14 bits per heavy atom. The molecule has 1 saturated carbocycles. The number of hydrogen-bond acceptors (Lipinski definition) is 3. The van der Waals surface area contributed by atoms with Gasteiger partial charge in [-0.1, -0.05) is 19.8 Å². The lowest BCUT2D eigenvalue weighted by Gasteiger charge is -2.33. The Morgan fingerprint density at radius 3 is 2.90 bits per heavy atom. The lowest BCUT2D eigenvalue weighted by atomic mass is 9.83. The van der Waals surface area contributed by atoms with Crippen LogP contribution >= 0.6 is 0 Å². The molecule has 1 heterocycles. The van der Waals surface area contributed by atoms with Crippen LogP contribution in [0.1, 0.15) is 64.7 Å². The van der Waals surface area contributed by atoms with Gasteiger partial charge in [-0.15, -0.1) is 0 Å². The summed E-state index contributed by atoms with van der Waals surface area (Å²) in [5, 5.41) is 0. The molecule has 2 rings (SSSR count). The molecule has 4 nitrogen and oxygen atoms in total. The van der Waals surface area contributed by atoms with Gasteiger partial charge in [0.25, 0.3) is 0 Å². The number of rotatable bonds is 6. The molecule has 0 aromatic carbocycles. The first-order chi connectivity index (χ1) is 10.2. The zero-order valence-corrected chi connectivity index (χ0v) is 13.6. The van der Waals surface area contributed by atoms with Gasteiger partial charge in [-0.3, -0.25) is 4.79 Å². The number of carbonyl (C=O) groups excluding carboxylic acids is 1. The summed E-state index contributed by atoms with van der Waals surface area (Å²) in [6, 6.07) is 0.362.